The molecule has 88 valence electrons. The third kappa shape index (κ3) is 2.00. The van der Waals surface area contributed by atoms with Crippen LogP contribution in [0.15, 0.2) is 24.3 Å². The Hall–Kier alpha value is -1.55. The second-order valence-electron chi connectivity index (χ2n) is 3.92. The Bertz CT molecular complexity index is 497. The van der Waals surface area contributed by atoms with Crippen LogP contribution in [0, 0.1) is 0 Å². The number of ether oxygens (including phenoxy) is 1. The number of benzene rings is 1. The molecule has 0 spiro atoms. The van der Waals surface area contributed by atoms with Crippen molar-refractivity contribution >= 4 is 17.2 Å². The molecule has 0 amide bonds. The van der Waals surface area contributed by atoms with Gasteiger partial charge in [-0.1, -0.05) is 0 Å². The molecule has 0 fully saturated rings. The first-order valence-electron chi connectivity index (χ1n) is 5.83. The fourth-order valence-corrected chi connectivity index (χ4v) is 2.98. The molecule has 0 atom stereocenters. The molecule has 0 radical (unpaired) electrons. The molecule has 17 heavy (non-hydrogen) atoms. The van der Waals surface area contributed by atoms with Crippen LogP contribution in [0.1, 0.15) is 11.8 Å². The molecule has 2 aromatic rings. The zero-order chi connectivity index (χ0) is 11.7. The molecule has 0 bridgehead atoms. The van der Waals surface area contributed by atoms with E-state index in [1.165, 1.54) is 4.88 Å². The Kier molecular flexibility index (Phi) is 2.73. The summed E-state index contributed by atoms with van der Waals surface area (Å²) in [6.07, 6.45) is 1.10. The number of hydrogen-bond acceptors (Lipinski definition) is 4. The molecular weight excluding hydrogens is 232 g/mol. The molecule has 1 N–H and O–H groups in total. The average molecular weight is 246 g/mol. The van der Waals surface area contributed by atoms with Crippen molar-refractivity contribution in [1.29, 1.82) is 0 Å². The van der Waals surface area contributed by atoms with Crippen molar-refractivity contribution in [2.24, 2.45) is 0 Å². The van der Waals surface area contributed by atoms with E-state index in [-0.39, 0.29) is 0 Å². The number of aromatic nitrogens is 1. The summed E-state index contributed by atoms with van der Waals surface area (Å²) in [6.45, 7) is 3.72. The van der Waals surface area contributed by atoms with E-state index in [1.54, 1.807) is 11.3 Å². The summed E-state index contributed by atoms with van der Waals surface area (Å²) < 4.78 is 5.43. The van der Waals surface area contributed by atoms with Crippen molar-refractivity contribution < 1.29 is 4.74 Å². The number of rotatable bonds is 3. The standard InChI is InChI=1S/C13H14N2OS/c1-2-16-10-5-3-9(4-6-10)13-15-12-11(17-13)7-8-14-12/h3-6,14H,2,7-8H2,1H3. The Morgan fingerprint density at radius 3 is 2.88 bits per heavy atom. The van der Waals surface area contributed by atoms with Crippen molar-refractivity contribution in [3.8, 4) is 16.3 Å². The first kappa shape index (κ1) is 10.6. The maximum absolute atomic E-state index is 5.43. The van der Waals surface area contributed by atoms with Gasteiger partial charge in [0, 0.05) is 18.5 Å². The van der Waals surface area contributed by atoms with E-state index >= 15 is 0 Å². The van der Waals surface area contributed by atoms with Crippen molar-refractivity contribution in [2.75, 3.05) is 18.5 Å². The van der Waals surface area contributed by atoms with Gasteiger partial charge in [-0.15, -0.1) is 11.3 Å². The molecule has 0 saturated heterocycles. The summed E-state index contributed by atoms with van der Waals surface area (Å²) >= 11 is 1.78. The zero-order valence-electron chi connectivity index (χ0n) is 9.69. The molecule has 1 aromatic carbocycles. The lowest BCUT2D eigenvalue weighted by Gasteiger charge is -2.03. The molecule has 0 unspecified atom stereocenters. The van der Waals surface area contributed by atoms with E-state index in [9.17, 15) is 0 Å². The van der Waals surface area contributed by atoms with Crippen LogP contribution in [-0.4, -0.2) is 18.1 Å². The van der Waals surface area contributed by atoms with Gasteiger partial charge in [-0.25, -0.2) is 4.98 Å². The highest BCUT2D eigenvalue weighted by atomic mass is 32.1. The summed E-state index contributed by atoms with van der Waals surface area (Å²) in [5.74, 6) is 1.98. The van der Waals surface area contributed by atoms with Gasteiger partial charge in [-0.3, -0.25) is 0 Å². The highest BCUT2D eigenvalue weighted by molar-refractivity contribution is 7.15. The molecule has 0 aliphatic carbocycles. The fraction of sp³-hybridized carbons (Fsp3) is 0.308. The number of hydrogen-bond donors (Lipinski definition) is 1. The largest absolute Gasteiger partial charge is 0.494 e. The Morgan fingerprint density at radius 1 is 1.35 bits per heavy atom. The van der Waals surface area contributed by atoms with E-state index in [1.807, 2.05) is 19.1 Å². The maximum Gasteiger partial charge on any atom is 0.141 e. The van der Waals surface area contributed by atoms with E-state index in [4.69, 9.17) is 4.74 Å². The minimum atomic E-state index is 0.703. The van der Waals surface area contributed by atoms with Crippen LogP contribution in [0.3, 0.4) is 0 Å². The van der Waals surface area contributed by atoms with Gasteiger partial charge in [-0.05, 0) is 31.2 Å². The minimum absolute atomic E-state index is 0.703. The fourth-order valence-electron chi connectivity index (χ4n) is 1.94. The summed E-state index contributed by atoms with van der Waals surface area (Å²) in [6, 6.07) is 8.13. The van der Waals surface area contributed by atoms with E-state index in [0.717, 1.165) is 35.1 Å². The van der Waals surface area contributed by atoms with Gasteiger partial charge in [0.2, 0.25) is 0 Å². The molecule has 2 heterocycles. The topological polar surface area (TPSA) is 34.1 Å². The Labute approximate surface area is 104 Å². The zero-order valence-corrected chi connectivity index (χ0v) is 10.5. The highest BCUT2D eigenvalue weighted by Gasteiger charge is 2.16. The Morgan fingerprint density at radius 2 is 2.18 bits per heavy atom. The lowest BCUT2D eigenvalue weighted by Crippen LogP contribution is -1.93. The predicted molar refractivity (Wildman–Crippen MR) is 70.9 cm³/mol. The molecule has 3 nitrogen and oxygen atoms in total. The van der Waals surface area contributed by atoms with E-state index in [0.29, 0.717) is 6.61 Å². The monoisotopic (exact) mass is 246 g/mol. The number of anilines is 1. The van der Waals surface area contributed by atoms with Crippen molar-refractivity contribution in [1.82, 2.24) is 4.98 Å². The second-order valence-corrected chi connectivity index (χ2v) is 5.01. The van der Waals surface area contributed by atoms with E-state index in [2.05, 4.69) is 22.4 Å². The summed E-state index contributed by atoms with van der Waals surface area (Å²) in [5, 5.41) is 4.38. The average Bonchev–Trinajstić information content (AvgIpc) is 2.90. The Balaban J connectivity index is 1.87. The number of nitrogens with zero attached hydrogens (tertiary/aromatic N) is 1. The van der Waals surface area contributed by atoms with Crippen molar-refractivity contribution in [3.63, 3.8) is 0 Å². The summed E-state index contributed by atoms with van der Waals surface area (Å²) in [5.41, 5.74) is 1.16. The van der Waals surface area contributed by atoms with Crippen LogP contribution in [0.2, 0.25) is 0 Å². The highest BCUT2D eigenvalue weighted by Crippen LogP contribution is 2.34. The third-order valence-corrected chi connectivity index (χ3v) is 3.92. The molecule has 0 saturated carbocycles. The van der Waals surface area contributed by atoms with Crippen molar-refractivity contribution in [3.05, 3.63) is 29.1 Å². The molecule has 4 heteroatoms. The van der Waals surface area contributed by atoms with Gasteiger partial charge in [0.25, 0.3) is 0 Å². The third-order valence-electron chi connectivity index (χ3n) is 2.75. The number of thiazole rings is 1. The minimum Gasteiger partial charge on any atom is -0.494 e. The van der Waals surface area contributed by atoms with Crippen LogP contribution in [0.5, 0.6) is 5.75 Å². The van der Waals surface area contributed by atoms with Gasteiger partial charge < -0.3 is 10.1 Å². The SMILES string of the molecule is CCOc1ccc(-c2nc3c(s2)CCN3)cc1. The smallest absolute Gasteiger partial charge is 0.141 e. The molecule has 3 rings (SSSR count). The summed E-state index contributed by atoms with van der Waals surface area (Å²) in [4.78, 5) is 5.97. The normalized spacial score (nSPS) is 13.2. The number of fused-ring (bicyclic) bond motifs is 1. The number of nitrogens with one attached hydrogen (secondary N) is 1. The quantitative estimate of drug-likeness (QED) is 0.903. The van der Waals surface area contributed by atoms with Crippen LogP contribution in [0.4, 0.5) is 5.82 Å². The lowest BCUT2D eigenvalue weighted by molar-refractivity contribution is 0.340. The van der Waals surface area contributed by atoms with E-state index < -0.39 is 0 Å². The molecular formula is C13H14N2OS. The molecule has 1 aliphatic heterocycles. The van der Waals surface area contributed by atoms with Gasteiger partial charge in [0.05, 0.1) is 11.5 Å². The van der Waals surface area contributed by atoms with Crippen LogP contribution in [-0.2, 0) is 6.42 Å². The predicted octanol–water partition coefficient (Wildman–Crippen LogP) is 3.18. The van der Waals surface area contributed by atoms with Gasteiger partial charge in [0.1, 0.15) is 16.6 Å². The van der Waals surface area contributed by atoms with Gasteiger partial charge in [0.15, 0.2) is 0 Å². The van der Waals surface area contributed by atoms with Gasteiger partial charge >= 0.3 is 0 Å². The molecule has 1 aliphatic rings. The molecule has 1 aromatic heterocycles. The van der Waals surface area contributed by atoms with Crippen molar-refractivity contribution in [2.45, 2.75) is 13.3 Å². The summed E-state index contributed by atoms with van der Waals surface area (Å²) in [7, 11) is 0. The lowest BCUT2D eigenvalue weighted by atomic mass is 10.2. The van der Waals surface area contributed by atoms with Gasteiger partial charge in [-0.2, -0.15) is 0 Å². The second kappa shape index (κ2) is 4.37. The maximum atomic E-state index is 5.43. The van der Waals surface area contributed by atoms with Crippen LogP contribution in [0.25, 0.3) is 10.6 Å². The first-order chi connectivity index (χ1) is 8.36. The van der Waals surface area contributed by atoms with Crippen LogP contribution < -0.4 is 10.1 Å². The first-order valence-corrected chi connectivity index (χ1v) is 6.65. The van der Waals surface area contributed by atoms with Crippen LogP contribution >= 0.6 is 11.3 Å².